The van der Waals surface area contributed by atoms with Crippen LogP contribution in [0.25, 0.3) is 0 Å². The van der Waals surface area contributed by atoms with Gasteiger partial charge in [0.1, 0.15) is 0 Å². The minimum absolute atomic E-state index is 0.146. The van der Waals surface area contributed by atoms with E-state index in [-0.39, 0.29) is 17.9 Å². The number of carbonyl (C=O) groups is 2. The molecule has 0 amide bonds. The lowest BCUT2D eigenvalue weighted by Crippen LogP contribution is -2.33. The standard InChI is InChI=1S/C14H30O4Si2/c1-8-9-12(14(16)18-20(5,6)7)10-11-13(15)17-19(2,3)4/h12H,8-11H2,1-7H3. The summed E-state index contributed by atoms with van der Waals surface area (Å²) >= 11 is 0. The zero-order valence-electron chi connectivity index (χ0n) is 14.0. The van der Waals surface area contributed by atoms with E-state index in [1.807, 2.05) is 46.2 Å². The maximum atomic E-state index is 12.1. The molecule has 0 spiro atoms. The van der Waals surface area contributed by atoms with Gasteiger partial charge in [-0.15, -0.1) is 0 Å². The molecule has 1 unspecified atom stereocenters. The highest BCUT2D eigenvalue weighted by molar-refractivity contribution is 6.71. The number of carbonyl (C=O) groups excluding carboxylic acids is 2. The quantitative estimate of drug-likeness (QED) is 0.636. The van der Waals surface area contributed by atoms with Crippen LogP contribution in [0.5, 0.6) is 0 Å². The summed E-state index contributed by atoms with van der Waals surface area (Å²) in [5.41, 5.74) is 0. The van der Waals surface area contributed by atoms with E-state index in [2.05, 4.69) is 0 Å². The molecule has 0 rings (SSSR count). The highest BCUT2D eigenvalue weighted by atomic mass is 28.4. The van der Waals surface area contributed by atoms with E-state index < -0.39 is 16.6 Å². The lowest BCUT2D eigenvalue weighted by Gasteiger charge is -2.23. The molecule has 0 aliphatic carbocycles. The molecule has 1 atom stereocenters. The fourth-order valence-corrected chi connectivity index (χ4v) is 3.35. The van der Waals surface area contributed by atoms with E-state index in [1.165, 1.54) is 0 Å². The summed E-state index contributed by atoms with van der Waals surface area (Å²) in [6.07, 6.45) is 2.51. The summed E-state index contributed by atoms with van der Waals surface area (Å²) in [6, 6.07) is 0. The van der Waals surface area contributed by atoms with Crippen molar-refractivity contribution in [3.63, 3.8) is 0 Å². The Labute approximate surface area is 125 Å². The average molecular weight is 319 g/mol. The lowest BCUT2D eigenvalue weighted by molar-refractivity contribution is -0.141. The molecule has 0 bridgehead atoms. The summed E-state index contributed by atoms with van der Waals surface area (Å²) < 4.78 is 10.9. The van der Waals surface area contributed by atoms with Crippen LogP contribution in [0.3, 0.4) is 0 Å². The lowest BCUT2D eigenvalue weighted by atomic mass is 9.98. The van der Waals surface area contributed by atoms with Crippen molar-refractivity contribution in [1.29, 1.82) is 0 Å². The van der Waals surface area contributed by atoms with Gasteiger partial charge in [-0.1, -0.05) is 13.3 Å². The van der Waals surface area contributed by atoms with Crippen LogP contribution in [0.4, 0.5) is 0 Å². The number of hydrogen-bond acceptors (Lipinski definition) is 4. The molecule has 0 radical (unpaired) electrons. The van der Waals surface area contributed by atoms with E-state index in [0.717, 1.165) is 12.8 Å². The van der Waals surface area contributed by atoms with Gasteiger partial charge in [-0.05, 0) is 52.1 Å². The highest BCUT2D eigenvalue weighted by Crippen LogP contribution is 2.19. The largest absolute Gasteiger partial charge is 0.520 e. The molecule has 0 aliphatic rings. The summed E-state index contributed by atoms with van der Waals surface area (Å²) in [7, 11) is -3.70. The Kier molecular flexibility index (Phi) is 7.72. The molecule has 6 heteroatoms. The fourth-order valence-electron chi connectivity index (χ4n) is 1.80. The summed E-state index contributed by atoms with van der Waals surface area (Å²) in [5, 5.41) is 0. The van der Waals surface area contributed by atoms with Crippen LogP contribution >= 0.6 is 0 Å². The van der Waals surface area contributed by atoms with Crippen molar-refractivity contribution >= 4 is 28.6 Å². The molecule has 118 valence electrons. The molecule has 0 aromatic carbocycles. The SMILES string of the molecule is CCCC(CCC(=O)O[Si](C)(C)C)C(=O)O[Si](C)(C)C. The molecule has 0 heterocycles. The van der Waals surface area contributed by atoms with Crippen LogP contribution in [0, 0.1) is 5.92 Å². The van der Waals surface area contributed by atoms with Gasteiger partial charge in [0.15, 0.2) is 0 Å². The van der Waals surface area contributed by atoms with Gasteiger partial charge in [-0.25, -0.2) is 0 Å². The van der Waals surface area contributed by atoms with Gasteiger partial charge in [0.05, 0.1) is 5.92 Å². The molecule has 20 heavy (non-hydrogen) atoms. The summed E-state index contributed by atoms with van der Waals surface area (Å²) in [5.74, 6) is -0.515. The highest BCUT2D eigenvalue weighted by Gasteiger charge is 2.27. The van der Waals surface area contributed by atoms with Gasteiger partial charge >= 0.3 is 0 Å². The molecule has 0 aromatic rings. The molecular formula is C14H30O4Si2. The van der Waals surface area contributed by atoms with Crippen molar-refractivity contribution in [3.8, 4) is 0 Å². The third kappa shape index (κ3) is 10.2. The van der Waals surface area contributed by atoms with E-state index in [9.17, 15) is 9.59 Å². The molecule has 0 saturated carbocycles. The first kappa shape index (κ1) is 19.4. The normalized spacial score (nSPS) is 13.8. The van der Waals surface area contributed by atoms with Crippen molar-refractivity contribution in [3.05, 3.63) is 0 Å². The smallest absolute Gasteiger partial charge is 0.295 e. The van der Waals surface area contributed by atoms with Crippen molar-refractivity contribution in [1.82, 2.24) is 0 Å². The second kappa shape index (κ2) is 7.97. The van der Waals surface area contributed by atoms with Crippen LogP contribution < -0.4 is 0 Å². The van der Waals surface area contributed by atoms with Crippen LogP contribution in [0.15, 0.2) is 0 Å². The summed E-state index contributed by atoms with van der Waals surface area (Å²) in [4.78, 5) is 23.9. The third-order valence-electron chi connectivity index (χ3n) is 2.49. The van der Waals surface area contributed by atoms with Gasteiger partial charge in [-0.2, -0.15) is 0 Å². The van der Waals surface area contributed by atoms with Crippen molar-refractivity contribution in [2.24, 2.45) is 5.92 Å². The fraction of sp³-hybridized carbons (Fsp3) is 0.857. The van der Waals surface area contributed by atoms with Gasteiger partial charge in [0, 0.05) is 6.42 Å². The first-order chi connectivity index (χ1) is 8.94. The topological polar surface area (TPSA) is 52.6 Å². The summed E-state index contributed by atoms with van der Waals surface area (Å²) in [6.45, 7) is 14.0. The third-order valence-corrected chi connectivity index (χ3v) is 4.15. The molecule has 0 saturated heterocycles. The Hall–Kier alpha value is -0.626. The average Bonchev–Trinajstić information content (AvgIpc) is 2.18. The van der Waals surface area contributed by atoms with Gasteiger partial charge < -0.3 is 8.85 Å². The van der Waals surface area contributed by atoms with Crippen LogP contribution in [-0.4, -0.2) is 28.6 Å². The monoisotopic (exact) mass is 318 g/mol. The molecule has 0 aliphatic heterocycles. The molecule has 4 nitrogen and oxygen atoms in total. The van der Waals surface area contributed by atoms with Crippen molar-refractivity contribution in [2.45, 2.75) is 71.9 Å². The number of rotatable bonds is 8. The van der Waals surface area contributed by atoms with Gasteiger partial charge in [0.2, 0.25) is 16.6 Å². The minimum Gasteiger partial charge on any atom is -0.520 e. The van der Waals surface area contributed by atoms with E-state index >= 15 is 0 Å². The maximum absolute atomic E-state index is 12.1. The maximum Gasteiger partial charge on any atom is 0.295 e. The van der Waals surface area contributed by atoms with Crippen molar-refractivity contribution < 1.29 is 18.4 Å². The Morgan fingerprint density at radius 1 is 0.900 bits per heavy atom. The Balaban J connectivity index is 4.41. The van der Waals surface area contributed by atoms with E-state index in [4.69, 9.17) is 8.85 Å². The van der Waals surface area contributed by atoms with Gasteiger partial charge in [0.25, 0.3) is 11.9 Å². The zero-order valence-corrected chi connectivity index (χ0v) is 16.0. The second-order valence-corrected chi connectivity index (χ2v) is 16.0. The number of hydrogen-bond donors (Lipinski definition) is 0. The van der Waals surface area contributed by atoms with Crippen LogP contribution in [0.1, 0.15) is 32.6 Å². The first-order valence-corrected chi connectivity index (χ1v) is 14.2. The zero-order chi connectivity index (χ0) is 16.0. The predicted octanol–water partition coefficient (Wildman–Crippen LogP) is 3.94. The molecule has 0 aromatic heterocycles. The molecule has 0 N–H and O–H groups in total. The molecular weight excluding hydrogens is 288 g/mol. The Morgan fingerprint density at radius 3 is 1.80 bits per heavy atom. The van der Waals surface area contributed by atoms with E-state index in [0.29, 0.717) is 12.8 Å². The van der Waals surface area contributed by atoms with Gasteiger partial charge in [-0.3, -0.25) is 9.59 Å². The van der Waals surface area contributed by atoms with Crippen LogP contribution in [-0.2, 0) is 18.4 Å². The first-order valence-electron chi connectivity index (χ1n) is 7.39. The van der Waals surface area contributed by atoms with E-state index in [1.54, 1.807) is 0 Å². The predicted molar refractivity (Wildman–Crippen MR) is 86.5 cm³/mol. The van der Waals surface area contributed by atoms with Crippen LogP contribution in [0.2, 0.25) is 39.3 Å². The van der Waals surface area contributed by atoms with Crippen molar-refractivity contribution in [2.75, 3.05) is 0 Å². The Bertz CT molecular complexity index is 329. The molecule has 0 fully saturated rings. The Morgan fingerprint density at radius 2 is 1.40 bits per heavy atom. The second-order valence-electron chi connectivity index (χ2n) is 7.14. The minimum atomic E-state index is -1.87.